The molecular weight excluding hydrogens is 243 g/mol. The molecule has 0 aliphatic carbocycles. The molecule has 2 unspecified atom stereocenters. The van der Waals surface area contributed by atoms with Crippen molar-refractivity contribution in [3.63, 3.8) is 0 Å². The summed E-state index contributed by atoms with van der Waals surface area (Å²) in [6.07, 6.45) is 2.49. The maximum atomic E-state index is 13.6. The monoisotopic (exact) mass is 260 g/mol. The first-order valence-electron chi connectivity index (χ1n) is 6.17. The van der Waals surface area contributed by atoms with Gasteiger partial charge >= 0.3 is 0 Å². The SMILES string of the molecule is Cc1ccc(C(O)C(CN)c2cccnc2)cc1F. The number of hydrogen-bond donors (Lipinski definition) is 2. The standard InChI is InChI=1S/C15H17FN2O/c1-10-4-5-11(7-14(10)16)15(19)13(8-17)12-3-2-6-18-9-12/h2-7,9,13,15,19H,8,17H2,1H3. The van der Waals surface area contributed by atoms with Gasteiger partial charge in [0.2, 0.25) is 0 Å². The van der Waals surface area contributed by atoms with Gasteiger partial charge in [-0.1, -0.05) is 18.2 Å². The highest BCUT2D eigenvalue weighted by molar-refractivity contribution is 5.28. The molecular formula is C15H17FN2O. The van der Waals surface area contributed by atoms with Crippen LogP contribution in [0.25, 0.3) is 0 Å². The lowest BCUT2D eigenvalue weighted by Crippen LogP contribution is -2.20. The van der Waals surface area contributed by atoms with Crippen LogP contribution >= 0.6 is 0 Å². The predicted molar refractivity (Wildman–Crippen MR) is 72.1 cm³/mol. The van der Waals surface area contributed by atoms with Crippen LogP contribution in [0.15, 0.2) is 42.7 Å². The molecule has 2 rings (SSSR count). The number of pyridine rings is 1. The van der Waals surface area contributed by atoms with E-state index in [9.17, 15) is 9.50 Å². The minimum atomic E-state index is -0.843. The van der Waals surface area contributed by atoms with Crippen LogP contribution in [0.2, 0.25) is 0 Å². The number of aryl methyl sites for hydroxylation is 1. The molecule has 0 aliphatic heterocycles. The summed E-state index contributed by atoms with van der Waals surface area (Å²) in [7, 11) is 0. The number of nitrogens with zero attached hydrogens (tertiary/aromatic N) is 1. The molecule has 1 aromatic carbocycles. The van der Waals surface area contributed by atoms with Crippen molar-refractivity contribution in [2.45, 2.75) is 18.9 Å². The zero-order valence-corrected chi connectivity index (χ0v) is 10.8. The van der Waals surface area contributed by atoms with E-state index in [1.54, 1.807) is 37.5 Å². The van der Waals surface area contributed by atoms with E-state index in [4.69, 9.17) is 5.73 Å². The Morgan fingerprint density at radius 3 is 2.68 bits per heavy atom. The van der Waals surface area contributed by atoms with Crippen LogP contribution in [0.5, 0.6) is 0 Å². The molecule has 0 spiro atoms. The normalized spacial score (nSPS) is 14.1. The van der Waals surface area contributed by atoms with Crippen molar-refractivity contribution in [1.29, 1.82) is 0 Å². The van der Waals surface area contributed by atoms with Crippen LogP contribution in [0.4, 0.5) is 4.39 Å². The number of nitrogens with two attached hydrogens (primary N) is 1. The second-order valence-electron chi connectivity index (χ2n) is 4.58. The second-order valence-corrected chi connectivity index (χ2v) is 4.58. The van der Waals surface area contributed by atoms with E-state index >= 15 is 0 Å². The van der Waals surface area contributed by atoms with Gasteiger partial charge in [-0.15, -0.1) is 0 Å². The first kappa shape index (κ1) is 13.6. The molecule has 0 aliphatic rings. The first-order valence-corrected chi connectivity index (χ1v) is 6.17. The van der Waals surface area contributed by atoms with E-state index in [1.807, 2.05) is 6.07 Å². The molecule has 19 heavy (non-hydrogen) atoms. The minimum Gasteiger partial charge on any atom is -0.388 e. The largest absolute Gasteiger partial charge is 0.388 e. The molecule has 0 fully saturated rings. The van der Waals surface area contributed by atoms with Gasteiger partial charge in [-0.3, -0.25) is 4.98 Å². The number of aromatic nitrogens is 1. The highest BCUT2D eigenvalue weighted by Crippen LogP contribution is 2.30. The predicted octanol–water partition coefficient (Wildman–Crippen LogP) is 2.31. The zero-order valence-electron chi connectivity index (χ0n) is 10.8. The molecule has 2 aromatic rings. The summed E-state index contributed by atoms with van der Waals surface area (Å²) in [6.45, 7) is 1.95. The topological polar surface area (TPSA) is 59.1 Å². The van der Waals surface area contributed by atoms with Crippen LogP contribution in [-0.4, -0.2) is 16.6 Å². The molecule has 0 saturated carbocycles. The van der Waals surface area contributed by atoms with Gasteiger partial charge in [0, 0.05) is 24.9 Å². The van der Waals surface area contributed by atoms with Gasteiger partial charge in [0.15, 0.2) is 0 Å². The quantitative estimate of drug-likeness (QED) is 0.886. The Hall–Kier alpha value is -1.78. The Kier molecular flexibility index (Phi) is 4.24. The fraction of sp³-hybridized carbons (Fsp3) is 0.267. The summed E-state index contributed by atoms with van der Waals surface area (Å²) in [6, 6.07) is 8.39. The lowest BCUT2D eigenvalue weighted by atomic mass is 9.90. The maximum absolute atomic E-state index is 13.6. The zero-order chi connectivity index (χ0) is 13.8. The molecule has 3 N–H and O–H groups in total. The molecule has 0 saturated heterocycles. The summed E-state index contributed by atoms with van der Waals surface area (Å²) in [5, 5.41) is 10.4. The molecule has 1 heterocycles. The smallest absolute Gasteiger partial charge is 0.126 e. The van der Waals surface area contributed by atoms with Crippen molar-refractivity contribution < 1.29 is 9.50 Å². The molecule has 3 nitrogen and oxygen atoms in total. The first-order chi connectivity index (χ1) is 9.13. The number of benzene rings is 1. The van der Waals surface area contributed by atoms with E-state index in [0.29, 0.717) is 11.1 Å². The number of rotatable bonds is 4. The average molecular weight is 260 g/mol. The molecule has 2 atom stereocenters. The number of aliphatic hydroxyl groups excluding tert-OH is 1. The lowest BCUT2D eigenvalue weighted by Gasteiger charge is -2.22. The van der Waals surface area contributed by atoms with Crippen LogP contribution in [-0.2, 0) is 0 Å². The van der Waals surface area contributed by atoms with Crippen molar-refractivity contribution >= 4 is 0 Å². The Morgan fingerprint density at radius 2 is 2.11 bits per heavy atom. The lowest BCUT2D eigenvalue weighted by molar-refractivity contribution is 0.147. The number of aliphatic hydroxyl groups is 1. The third-order valence-electron chi connectivity index (χ3n) is 3.29. The number of hydrogen-bond acceptors (Lipinski definition) is 3. The van der Waals surface area contributed by atoms with E-state index in [2.05, 4.69) is 4.98 Å². The van der Waals surface area contributed by atoms with Crippen LogP contribution in [0.1, 0.15) is 28.7 Å². The van der Waals surface area contributed by atoms with Gasteiger partial charge in [0.1, 0.15) is 5.82 Å². The molecule has 0 amide bonds. The molecule has 4 heteroatoms. The second kappa shape index (κ2) is 5.91. The maximum Gasteiger partial charge on any atom is 0.126 e. The van der Waals surface area contributed by atoms with Crippen molar-refractivity contribution in [2.75, 3.05) is 6.54 Å². The van der Waals surface area contributed by atoms with Crippen molar-refractivity contribution in [1.82, 2.24) is 4.98 Å². The minimum absolute atomic E-state index is 0.266. The average Bonchev–Trinajstić information content (AvgIpc) is 2.44. The fourth-order valence-corrected chi connectivity index (χ4v) is 2.07. The van der Waals surface area contributed by atoms with Crippen molar-refractivity contribution in [3.05, 3.63) is 65.2 Å². The number of halogens is 1. The molecule has 1 aromatic heterocycles. The summed E-state index contributed by atoms with van der Waals surface area (Å²) in [5.74, 6) is -0.616. The van der Waals surface area contributed by atoms with Gasteiger partial charge in [0.25, 0.3) is 0 Å². The van der Waals surface area contributed by atoms with Crippen molar-refractivity contribution in [2.24, 2.45) is 5.73 Å². The Bertz CT molecular complexity index is 545. The van der Waals surface area contributed by atoms with E-state index < -0.39 is 6.10 Å². The molecule has 0 bridgehead atoms. The molecule has 0 radical (unpaired) electrons. The summed E-state index contributed by atoms with van der Waals surface area (Å²) >= 11 is 0. The Balaban J connectivity index is 2.30. The molecule has 100 valence electrons. The van der Waals surface area contributed by atoms with Crippen LogP contribution in [0, 0.1) is 12.7 Å². The Morgan fingerprint density at radius 1 is 1.32 bits per heavy atom. The van der Waals surface area contributed by atoms with Gasteiger partial charge in [-0.2, -0.15) is 0 Å². The summed E-state index contributed by atoms with van der Waals surface area (Å²) < 4.78 is 13.6. The van der Waals surface area contributed by atoms with E-state index in [1.165, 1.54) is 6.07 Å². The van der Waals surface area contributed by atoms with E-state index in [-0.39, 0.29) is 18.3 Å². The van der Waals surface area contributed by atoms with Gasteiger partial charge in [-0.25, -0.2) is 4.39 Å². The van der Waals surface area contributed by atoms with Crippen LogP contribution < -0.4 is 5.73 Å². The van der Waals surface area contributed by atoms with Crippen molar-refractivity contribution in [3.8, 4) is 0 Å². The third kappa shape index (κ3) is 2.97. The van der Waals surface area contributed by atoms with E-state index in [0.717, 1.165) is 5.56 Å². The Labute approximate surface area is 111 Å². The van der Waals surface area contributed by atoms with Gasteiger partial charge in [-0.05, 0) is 35.7 Å². The highest BCUT2D eigenvalue weighted by atomic mass is 19.1. The van der Waals surface area contributed by atoms with Crippen LogP contribution in [0.3, 0.4) is 0 Å². The highest BCUT2D eigenvalue weighted by Gasteiger charge is 2.22. The summed E-state index contributed by atoms with van der Waals surface area (Å²) in [4.78, 5) is 4.02. The fourth-order valence-electron chi connectivity index (χ4n) is 2.07. The summed E-state index contributed by atoms with van der Waals surface area (Å²) in [5.41, 5.74) is 7.66. The van der Waals surface area contributed by atoms with Gasteiger partial charge in [0.05, 0.1) is 6.10 Å². The third-order valence-corrected chi connectivity index (χ3v) is 3.29. The van der Waals surface area contributed by atoms with Gasteiger partial charge < -0.3 is 10.8 Å².